The van der Waals surface area contributed by atoms with E-state index >= 15 is 0 Å². The van der Waals surface area contributed by atoms with Crippen molar-refractivity contribution in [1.82, 2.24) is 0 Å². The van der Waals surface area contributed by atoms with Gasteiger partial charge >= 0.3 is 0 Å². The van der Waals surface area contributed by atoms with Crippen molar-refractivity contribution in [3.8, 4) is 5.75 Å². The Hall–Kier alpha value is -2.63. The third-order valence-electron chi connectivity index (χ3n) is 5.35. The van der Waals surface area contributed by atoms with E-state index in [-0.39, 0.29) is 12.4 Å². The molecular weight excluding hydrogens is 355 g/mol. The topological polar surface area (TPSA) is 37.1 Å². The fourth-order valence-corrected chi connectivity index (χ4v) is 3.82. The molecule has 0 amide bonds. The number of anilines is 1. The number of nitrogens with one attached hydrogen (secondary N) is 1. The lowest BCUT2D eigenvalue weighted by Gasteiger charge is -2.34. The third-order valence-corrected chi connectivity index (χ3v) is 5.35. The fraction of sp³-hybridized carbons (Fsp3) is 0.304. The average molecular weight is 381 g/mol. The first kappa shape index (κ1) is 18.7. The van der Waals surface area contributed by atoms with Crippen LogP contribution in [0.5, 0.6) is 5.75 Å². The average Bonchev–Trinajstić information content (AvgIpc) is 2.73. The Bertz CT molecular complexity index is 925. The molecule has 1 atom stereocenters. The van der Waals surface area contributed by atoms with E-state index in [0.717, 1.165) is 37.3 Å². The number of piperazine rings is 1. The summed E-state index contributed by atoms with van der Waals surface area (Å²) in [4.78, 5) is 3.40. The van der Waals surface area contributed by atoms with Gasteiger partial charge in [-0.2, -0.15) is 0 Å². The summed E-state index contributed by atoms with van der Waals surface area (Å²) >= 11 is 0. The molecule has 28 heavy (non-hydrogen) atoms. The van der Waals surface area contributed by atoms with Crippen LogP contribution in [0, 0.1) is 5.82 Å². The summed E-state index contributed by atoms with van der Waals surface area (Å²) in [6, 6.07) is 21.0. The highest BCUT2D eigenvalue weighted by Gasteiger charge is 2.24. The third kappa shape index (κ3) is 4.43. The molecule has 0 bridgehead atoms. The van der Waals surface area contributed by atoms with Crippen molar-refractivity contribution < 1.29 is 19.1 Å². The highest BCUT2D eigenvalue weighted by molar-refractivity contribution is 5.83. The largest absolute Gasteiger partial charge is 0.491 e. The molecule has 0 spiro atoms. The highest BCUT2D eigenvalue weighted by Crippen LogP contribution is 2.21. The number of benzene rings is 3. The Morgan fingerprint density at radius 3 is 2.46 bits per heavy atom. The zero-order chi connectivity index (χ0) is 19.3. The maximum absolute atomic E-state index is 13.9. The zero-order valence-electron chi connectivity index (χ0n) is 15.9. The van der Waals surface area contributed by atoms with Crippen molar-refractivity contribution in [2.45, 2.75) is 6.10 Å². The molecule has 0 unspecified atom stereocenters. The maximum Gasteiger partial charge on any atom is 0.146 e. The van der Waals surface area contributed by atoms with E-state index in [1.807, 2.05) is 42.5 Å². The van der Waals surface area contributed by atoms with E-state index in [0.29, 0.717) is 12.2 Å². The number of ether oxygens (including phenoxy) is 1. The zero-order valence-corrected chi connectivity index (χ0v) is 15.9. The first-order valence-corrected chi connectivity index (χ1v) is 9.82. The number of halogens is 1. The lowest BCUT2D eigenvalue weighted by Crippen LogP contribution is -3.16. The van der Waals surface area contributed by atoms with Crippen LogP contribution in [-0.4, -0.2) is 50.5 Å². The van der Waals surface area contributed by atoms with E-state index in [4.69, 9.17) is 4.74 Å². The second-order valence-electron chi connectivity index (χ2n) is 7.37. The lowest BCUT2D eigenvalue weighted by atomic mass is 10.1. The molecule has 0 saturated carbocycles. The van der Waals surface area contributed by atoms with Gasteiger partial charge in [0.1, 0.15) is 30.8 Å². The van der Waals surface area contributed by atoms with Crippen molar-refractivity contribution >= 4 is 16.5 Å². The van der Waals surface area contributed by atoms with Gasteiger partial charge in [-0.15, -0.1) is 0 Å². The number of hydrogen-bond donors (Lipinski definition) is 2. The predicted octanol–water partition coefficient (Wildman–Crippen LogP) is 2.12. The van der Waals surface area contributed by atoms with Crippen LogP contribution in [0.4, 0.5) is 10.1 Å². The molecule has 5 heteroatoms. The highest BCUT2D eigenvalue weighted by atomic mass is 19.1. The minimum absolute atomic E-state index is 0.172. The monoisotopic (exact) mass is 381 g/mol. The van der Waals surface area contributed by atoms with Crippen molar-refractivity contribution in [2.24, 2.45) is 0 Å². The molecular formula is C23H26FN2O2+. The van der Waals surface area contributed by atoms with Crippen molar-refractivity contribution in [2.75, 3.05) is 44.2 Å². The summed E-state index contributed by atoms with van der Waals surface area (Å²) in [5, 5.41) is 12.7. The molecule has 1 aliphatic rings. The van der Waals surface area contributed by atoms with Gasteiger partial charge in [0.05, 0.1) is 31.9 Å². The Morgan fingerprint density at radius 1 is 0.964 bits per heavy atom. The fourth-order valence-electron chi connectivity index (χ4n) is 3.82. The van der Waals surface area contributed by atoms with Gasteiger partial charge in [-0.1, -0.05) is 42.5 Å². The predicted molar refractivity (Wildman–Crippen MR) is 110 cm³/mol. The minimum Gasteiger partial charge on any atom is -0.491 e. The maximum atomic E-state index is 13.9. The second kappa shape index (κ2) is 8.59. The van der Waals surface area contributed by atoms with Crippen LogP contribution in [0.3, 0.4) is 0 Å². The molecule has 1 fully saturated rings. The van der Waals surface area contributed by atoms with Crippen LogP contribution in [0.1, 0.15) is 0 Å². The van der Waals surface area contributed by atoms with Gasteiger partial charge < -0.3 is 19.6 Å². The molecule has 0 radical (unpaired) electrons. The summed E-state index contributed by atoms with van der Waals surface area (Å²) in [6.45, 7) is 4.24. The quantitative estimate of drug-likeness (QED) is 0.687. The van der Waals surface area contributed by atoms with E-state index in [9.17, 15) is 9.50 Å². The first-order valence-electron chi connectivity index (χ1n) is 9.82. The van der Waals surface area contributed by atoms with Crippen LogP contribution in [-0.2, 0) is 0 Å². The second-order valence-corrected chi connectivity index (χ2v) is 7.37. The number of aliphatic hydroxyl groups is 1. The molecule has 1 saturated heterocycles. The summed E-state index contributed by atoms with van der Waals surface area (Å²) in [5.74, 6) is 0.604. The molecule has 3 aromatic carbocycles. The first-order chi connectivity index (χ1) is 13.7. The molecule has 2 N–H and O–H groups in total. The standard InChI is InChI=1S/C23H25FN2O2/c24-22-7-3-4-8-23(22)26-13-11-25(12-14-26)16-20(27)17-28-21-10-9-18-5-1-2-6-19(18)15-21/h1-10,15,20,27H,11-14,16-17H2/p+1/t20-/m0/s1. The van der Waals surface area contributed by atoms with Crippen LogP contribution >= 0.6 is 0 Å². The van der Waals surface area contributed by atoms with Crippen LogP contribution in [0.15, 0.2) is 66.7 Å². The van der Waals surface area contributed by atoms with Crippen LogP contribution < -0.4 is 14.5 Å². The number of para-hydroxylation sites is 1. The lowest BCUT2D eigenvalue weighted by molar-refractivity contribution is -0.903. The summed E-state index contributed by atoms with van der Waals surface area (Å²) in [6.07, 6.45) is -0.526. The number of quaternary nitrogens is 1. The van der Waals surface area contributed by atoms with Gasteiger partial charge in [0.25, 0.3) is 0 Å². The number of fused-ring (bicyclic) bond motifs is 1. The number of hydrogen-bond acceptors (Lipinski definition) is 3. The van der Waals surface area contributed by atoms with E-state index in [1.165, 1.54) is 16.4 Å². The molecule has 146 valence electrons. The number of nitrogens with zero attached hydrogens (tertiary/aromatic N) is 1. The summed E-state index contributed by atoms with van der Waals surface area (Å²) in [7, 11) is 0. The Labute approximate surface area is 164 Å². The normalized spacial score (nSPS) is 16.3. The summed E-state index contributed by atoms with van der Waals surface area (Å²) in [5.41, 5.74) is 0.668. The molecule has 1 heterocycles. The molecule has 0 aliphatic carbocycles. The molecule has 1 aliphatic heterocycles. The molecule has 4 nitrogen and oxygen atoms in total. The van der Waals surface area contributed by atoms with Gasteiger partial charge in [0, 0.05) is 0 Å². The van der Waals surface area contributed by atoms with Gasteiger partial charge in [-0.3, -0.25) is 0 Å². The number of rotatable bonds is 6. The smallest absolute Gasteiger partial charge is 0.146 e. The van der Waals surface area contributed by atoms with Gasteiger partial charge in [-0.25, -0.2) is 4.39 Å². The van der Waals surface area contributed by atoms with Gasteiger partial charge in [0.2, 0.25) is 0 Å². The van der Waals surface area contributed by atoms with Crippen LogP contribution in [0.2, 0.25) is 0 Å². The van der Waals surface area contributed by atoms with E-state index in [2.05, 4.69) is 17.0 Å². The van der Waals surface area contributed by atoms with Crippen molar-refractivity contribution in [3.05, 3.63) is 72.5 Å². The molecule has 4 rings (SSSR count). The Kier molecular flexibility index (Phi) is 5.74. The molecule has 3 aromatic rings. The Morgan fingerprint density at radius 2 is 1.68 bits per heavy atom. The van der Waals surface area contributed by atoms with Crippen molar-refractivity contribution in [3.63, 3.8) is 0 Å². The SMILES string of the molecule is O[C@H](COc1ccc2ccccc2c1)C[NH+]1CCN(c2ccccc2F)CC1. The van der Waals surface area contributed by atoms with Crippen molar-refractivity contribution in [1.29, 1.82) is 0 Å². The summed E-state index contributed by atoms with van der Waals surface area (Å²) < 4.78 is 19.7. The molecule has 0 aromatic heterocycles. The van der Waals surface area contributed by atoms with Crippen LogP contribution in [0.25, 0.3) is 10.8 Å². The van der Waals surface area contributed by atoms with E-state index in [1.54, 1.807) is 6.07 Å². The minimum atomic E-state index is -0.526. The van der Waals surface area contributed by atoms with Gasteiger partial charge in [0.15, 0.2) is 0 Å². The Balaban J connectivity index is 1.25. The number of aliphatic hydroxyl groups excluding tert-OH is 1. The van der Waals surface area contributed by atoms with E-state index < -0.39 is 6.10 Å². The van der Waals surface area contributed by atoms with Gasteiger partial charge in [-0.05, 0) is 35.0 Å².